The van der Waals surface area contributed by atoms with Crippen LogP contribution in [0.25, 0.3) is 11.1 Å². The van der Waals surface area contributed by atoms with Gasteiger partial charge in [0.2, 0.25) is 0 Å². The number of benzene rings is 3. The van der Waals surface area contributed by atoms with Gasteiger partial charge in [-0.15, -0.1) is 0 Å². The van der Waals surface area contributed by atoms with Gasteiger partial charge in [-0.3, -0.25) is 9.44 Å². The second kappa shape index (κ2) is 8.93. The van der Waals surface area contributed by atoms with Crippen LogP contribution in [0.2, 0.25) is 0 Å². The largest absolute Gasteiger partial charge is 0.398 e. The molecule has 4 N–H and O–H groups in total. The molecule has 0 aliphatic carbocycles. The van der Waals surface area contributed by atoms with Gasteiger partial charge in [-0.2, -0.15) is 0 Å². The molecule has 0 saturated carbocycles. The lowest BCUT2D eigenvalue weighted by atomic mass is 10.0. The summed E-state index contributed by atoms with van der Waals surface area (Å²) >= 11 is 0. The first kappa shape index (κ1) is 22.3. The Morgan fingerprint density at radius 1 is 0.667 bits per heavy atom. The monoisotopic (exact) mass is 480 g/mol. The Balaban J connectivity index is 1.62. The molecule has 168 valence electrons. The summed E-state index contributed by atoms with van der Waals surface area (Å²) in [7, 11) is -7.68. The second-order valence-electron chi connectivity index (χ2n) is 7.07. The van der Waals surface area contributed by atoms with Gasteiger partial charge in [-0.05, 0) is 60.2 Å². The van der Waals surface area contributed by atoms with Crippen molar-refractivity contribution in [3.63, 3.8) is 0 Å². The Morgan fingerprint density at radius 2 is 1.30 bits per heavy atom. The van der Waals surface area contributed by atoms with Crippen LogP contribution < -0.4 is 15.2 Å². The molecule has 4 rings (SSSR count). The van der Waals surface area contributed by atoms with E-state index in [2.05, 4.69) is 14.4 Å². The molecule has 3 aromatic carbocycles. The fourth-order valence-corrected chi connectivity index (χ4v) is 5.20. The SMILES string of the molecule is Nc1ccc(S(=O)(=O)Nc2ccccc2)cc1-c1ccc(S(=O)(=O)Nc2ccccn2)cc1. The summed E-state index contributed by atoms with van der Waals surface area (Å²) in [6, 6.07) is 23.8. The van der Waals surface area contributed by atoms with Crippen LogP contribution >= 0.6 is 0 Å². The number of aromatic nitrogens is 1. The number of hydrogen-bond acceptors (Lipinski definition) is 6. The number of nitrogen functional groups attached to an aromatic ring is 1. The topological polar surface area (TPSA) is 131 Å². The van der Waals surface area contributed by atoms with Gasteiger partial charge < -0.3 is 5.73 Å². The van der Waals surface area contributed by atoms with E-state index in [1.165, 1.54) is 36.5 Å². The van der Waals surface area contributed by atoms with Crippen LogP contribution in [0.3, 0.4) is 0 Å². The van der Waals surface area contributed by atoms with E-state index in [1.54, 1.807) is 60.7 Å². The third-order valence-electron chi connectivity index (χ3n) is 4.74. The summed E-state index contributed by atoms with van der Waals surface area (Å²) in [4.78, 5) is 4.02. The fourth-order valence-electron chi connectivity index (χ4n) is 3.11. The number of sulfonamides is 2. The molecule has 1 heterocycles. The Labute approximate surface area is 192 Å². The van der Waals surface area contributed by atoms with Gasteiger partial charge in [-0.1, -0.05) is 36.4 Å². The molecule has 0 saturated heterocycles. The lowest BCUT2D eigenvalue weighted by Gasteiger charge is -2.12. The van der Waals surface area contributed by atoms with Crippen LogP contribution in [0.15, 0.2) is 107 Å². The van der Waals surface area contributed by atoms with E-state index in [0.717, 1.165) is 0 Å². The maximum atomic E-state index is 12.8. The summed E-state index contributed by atoms with van der Waals surface area (Å²) in [5.74, 6) is 0.203. The highest BCUT2D eigenvalue weighted by Gasteiger charge is 2.18. The Kier molecular flexibility index (Phi) is 6.03. The van der Waals surface area contributed by atoms with Crippen LogP contribution in [-0.2, 0) is 20.0 Å². The number of nitrogens with zero attached hydrogens (tertiary/aromatic N) is 1. The Bertz CT molecular complexity index is 1470. The van der Waals surface area contributed by atoms with Gasteiger partial charge in [0.1, 0.15) is 5.82 Å². The molecule has 8 nitrogen and oxygen atoms in total. The lowest BCUT2D eigenvalue weighted by molar-refractivity contribution is 0.599. The highest BCUT2D eigenvalue weighted by Crippen LogP contribution is 2.30. The number of para-hydroxylation sites is 1. The van der Waals surface area contributed by atoms with Gasteiger partial charge >= 0.3 is 0 Å². The van der Waals surface area contributed by atoms with E-state index < -0.39 is 20.0 Å². The van der Waals surface area contributed by atoms with Crippen LogP contribution in [0.4, 0.5) is 17.2 Å². The van der Waals surface area contributed by atoms with E-state index in [4.69, 9.17) is 5.73 Å². The minimum atomic E-state index is -3.84. The molecular weight excluding hydrogens is 460 g/mol. The molecule has 0 radical (unpaired) electrons. The number of nitrogens with two attached hydrogens (primary N) is 1. The number of pyridine rings is 1. The zero-order valence-electron chi connectivity index (χ0n) is 17.2. The highest BCUT2D eigenvalue weighted by molar-refractivity contribution is 7.93. The lowest BCUT2D eigenvalue weighted by Crippen LogP contribution is -2.14. The maximum Gasteiger partial charge on any atom is 0.263 e. The summed E-state index contributed by atoms with van der Waals surface area (Å²) in [5, 5.41) is 0. The van der Waals surface area contributed by atoms with Crippen molar-refractivity contribution in [3.8, 4) is 11.1 Å². The van der Waals surface area contributed by atoms with Gasteiger partial charge in [-0.25, -0.2) is 21.8 Å². The van der Waals surface area contributed by atoms with Gasteiger partial charge in [0.25, 0.3) is 20.0 Å². The average molecular weight is 481 g/mol. The number of rotatable bonds is 7. The van der Waals surface area contributed by atoms with Crippen molar-refractivity contribution in [2.75, 3.05) is 15.2 Å². The summed E-state index contributed by atoms with van der Waals surface area (Å²) in [6.45, 7) is 0. The molecule has 0 fully saturated rings. The van der Waals surface area contributed by atoms with Crippen LogP contribution in [0.1, 0.15) is 0 Å². The molecule has 0 bridgehead atoms. The van der Waals surface area contributed by atoms with Gasteiger partial charge in [0.05, 0.1) is 9.79 Å². The molecule has 10 heteroatoms. The zero-order valence-corrected chi connectivity index (χ0v) is 18.8. The van der Waals surface area contributed by atoms with Crippen LogP contribution in [0, 0.1) is 0 Å². The molecule has 0 spiro atoms. The molecule has 4 aromatic rings. The van der Waals surface area contributed by atoms with Crippen LogP contribution in [-0.4, -0.2) is 21.8 Å². The first-order chi connectivity index (χ1) is 15.7. The Morgan fingerprint density at radius 3 is 1.97 bits per heavy atom. The van der Waals surface area contributed by atoms with Crippen molar-refractivity contribution in [2.45, 2.75) is 9.79 Å². The molecule has 0 aliphatic heterocycles. The van der Waals surface area contributed by atoms with Gasteiger partial charge in [0, 0.05) is 23.1 Å². The third kappa shape index (κ3) is 5.13. The fraction of sp³-hybridized carbons (Fsp3) is 0. The third-order valence-corrected chi connectivity index (χ3v) is 7.49. The molecule has 0 atom stereocenters. The maximum absolute atomic E-state index is 12.8. The van der Waals surface area contributed by atoms with E-state index in [1.807, 2.05) is 0 Å². The van der Waals surface area contributed by atoms with Crippen molar-refractivity contribution in [1.82, 2.24) is 4.98 Å². The van der Waals surface area contributed by atoms with Crippen molar-refractivity contribution in [2.24, 2.45) is 0 Å². The zero-order chi connectivity index (χ0) is 23.5. The number of anilines is 3. The van der Waals surface area contributed by atoms with Crippen molar-refractivity contribution in [3.05, 3.63) is 97.2 Å². The first-order valence-electron chi connectivity index (χ1n) is 9.76. The molecule has 1 aromatic heterocycles. The Hall–Kier alpha value is -3.89. The van der Waals surface area contributed by atoms with E-state index in [0.29, 0.717) is 22.5 Å². The number of hydrogen-bond donors (Lipinski definition) is 3. The average Bonchev–Trinajstić information content (AvgIpc) is 2.80. The minimum Gasteiger partial charge on any atom is -0.398 e. The minimum absolute atomic E-state index is 0.0315. The van der Waals surface area contributed by atoms with Crippen molar-refractivity contribution < 1.29 is 16.8 Å². The van der Waals surface area contributed by atoms with Crippen LogP contribution in [0.5, 0.6) is 0 Å². The summed E-state index contributed by atoms with van der Waals surface area (Å²) in [5.41, 5.74) is 7.92. The van der Waals surface area contributed by atoms with E-state index in [9.17, 15) is 16.8 Å². The second-order valence-corrected chi connectivity index (χ2v) is 10.4. The molecule has 33 heavy (non-hydrogen) atoms. The molecule has 0 amide bonds. The normalized spacial score (nSPS) is 11.6. The standard InChI is InChI=1S/C23H20N4O4S2/c24-22-14-13-20(33(30,31)26-18-6-2-1-3-7-18)16-21(22)17-9-11-19(12-10-17)32(28,29)27-23-8-4-5-15-25-23/h1-16,26H,24H2,(H,25,27). The first-order valence-corrected chi connectivity index (χ1v) is 12.7. The predicted octanol–water partition coefficient (Wildman–Crippen LogP) is 3.93. The quantitative estimate of drug-likeness (QED) is 0.344. The molecule has 0 aliphatic rings. The van der Waals surface area contributed by atoms with Crippen molar-refractivity contribution >= 4 is 37.2 Å². The summed E-state index contributed by atoms with van der Waals surface area (Å²) < 4.78 is 55.8. The highest BCUT2D eigenvalue weighted by atomic mass is 32.2. The molecule has 0 unspecified atom stereocenters. The predicted molar refractivity (Wildman–Crippen MR) is 129 cm³/mol. The van der Waals surface area contributed by atoms with Crippen molar-refractivity contribution in [1.29, 1.82) is 0 Å². The van der Waals surface area contributed by atoms with Gasteiger partial charge in [0.15, 0.2) is 0 Å². The number of nitrogens with one attached hydrogen (secondary N) is 2. The summed E-state index contributed by atoms with van der Waals surface area (Å²) in [6.07, 6.45) is 1.48. The molecular formula is C23H20N4O4S2. The smallest absolute Gasteiger partial charge is 0.263 e. The van der Waals surface area contributed by atoms with E-state index in [-0.39, 0.29) is 15.6 Å². The van der Waals surface area contributed by atoms with E-state index >= 15 is 0 Å².